The van der Waals surface area contributed by atoms with Crippen LogP contribution in [0.15, 0.2) is 24.5 Å². The van der Waals surface area contributed by atoms with Gasteiger partial charge in [0.15, 0.2) is 4.96 Å². The van der Waals surface area contributed by atoms with Gasteiger partial charge in [0.1, 0.15) is 16.6 Å². The van der Waals surface area contributed by atoms with Crippen molar-refractivity contribution in [1.29, 1.82) is 0 Å². The molecule has 8 nitrogen and oxygen atoms in total. The van der Waals surface area contributed by atoms with Gasteiger partial charge in [0.05, 0.1) is 10.6 Å². The smallest absolute Gasteiger partial charge is 0.410 e. The third-order valence-corrected chi connectivity index (χ3v) is 6.92. The third kappa shape index (κ3) is 4.36. The summed E-state index contributed by atoms with van der Waals surface area (Å²) in [5.74, 6) is 0.260. The molecule has 0 N–H and O–H groups in total. The van der Waals surface area contributed by atoms with Crippen LogP contribution in [0.3, 0.4) is 0 Å². The first kappa shape index (κ1) is 22.7. The number of piperidine rings is 1. The Morgan fingerprint density at radius 1 is 1.18 bits per heavy atom. The molecule has 0 unspecified atom stereocenters. The second-order valence-electron chi connectivity index (χ2n) is 9.62. The molecule has 5 rings (SSSR count). The van der Waals surface area contributed by atoms with Crippen LogP contribution in [0.25, 0.3) is 26.4 Å². The molecule has 1 fully saturated rings. The number of alkyl halides is 2. The number of halogens is 2. The van der Waals surface area contributed by atoms with Crippen molar-refractivity contribution in [2.45, 2.75) is 51.6 Å². The standard InChI is InChI=1S/C23H26F2N6O2S/c1-23(2,3)33-22(32)30-7-5-13(6-8-30)17-11-31-12-18(34-21(31)26-17)14-9-15(20(24)25)19-16(10-14)27-29(4)28-19/h9-13,20H,5-8H2,1-4H3. The maximum absolute atomic E-state index is 13.6. The van der Waals surface area contributed by atoms with Crippen LogP contribution in [0, 0.1) is 0 Å². The van der Waals surface area contributed by atoms with Crippen LogP contribution in [0.4, 0.5) is 13.6 Å². The predicted octanol–water partition coefficient (Wildman–Crippen LogP) is 5.40. The highest BCUT2D eigenvalue weighted by molar-refractivity contribution is 7.20. The minimum absolute atomic E-state index is 0.121. The molecule has 1 saturated heterocycles. The number of amides is 1. The summed E-state index contributed by atoms with van der Waals surface area (Å²) >= 11 is 1.45. The molecule has 1 aliphatic heterocycles. The largest absolute Gasteiger partial charge is 0.444 e. The molecule has 0 spiro atoms. The van der Waals surface area contributed by atoms with Gasteiger partial charge >= 0.3 is 6.09 Å². The number of carbonyl (C=O) groups is 1. The van der Waals surface area contributed by atoms with Gasteiger partial charge in [-0.3, -0.25) is 4.40 Å². The number of nitrogens with zero attached hydrogens (tertiary/aromatic N) is 6. The van der Waals surface area contributed by atoms with Gasteiger partial charge in [-0.2, -0.15) is 15.0 Å². The summed E-state index contributed by atoms with van der Waals surface area (Å²) < 4.78 is 34.7. The molecule has 4 heterocycles. The lowest BCUT2D eigenvalue weighted by atomic mass is 9.94. The van der Waals surface area contributed by atoms with Gasteiger partial charge in [-0.15, -0.1) is 0 Å². The Kier molecular flexibility index (Phi) is 5.54. The molecule has 1 aliphatic rings. The van der Waals surface area contributed by atoms with Crippen LogP contribution in [-0.2, 0) is 11.8 Å². The zero-order chi connectivity index (χ0) is 24.2. The van der Waals surface area contributed by atoms with Crippen LogP contribution in [0.1, 0.15) is 57.2 Å². The number of aryl methyl sites for hydroxylation is 1. The normalized spacial score (nSPS) is 15.7. The number of benzene rings is 1. The van der Waals surface area contributed by atoms with E-state index in [4.69, 9.17) is 9.72 Å². The number of hydrogen-bond acceptors (Lipinski definition) is 6. The average molecular weight is 489 g/mol. The number of hydrogen-bond donors (Lipinski definition) is 0. The summed E-state index contributed by atoms with van der Waals surface area (Å²) in [6, 6.07) is 3.27. The van der Waals surface area contributed by atoms with E-state index in [2.05, 4.69) is 10.2 Å². The van der Waals surface area contributed by atoms with E-state index >= 15 is 0 Å². The fourth-order valence-electron chi connectivity index (χ4n) is 4.29. The predicted molar refractivity (Wildman–Crippen MR) is 125 cm³/mol. The van der Waals surface area contributed by atoms with Crippen molar-refractivity contribution in [3.8, 4) is 10.4 Å². The Hall–Kier alpha value is -3.08. The van der Waals surface area contributed by atoms with Gasteiger partial charge in [-0.05, 0) is 51.3 Å². The second kappa shape index (κ2) is 8.30. The first-order chi connectivity index (χ1) is 16.1. The Labute approximate surface area is 199 Å². The van der Waals surface area contributed by atoms with Gasteiger partial charge in [0, 0.05) is 44.0 Å². The van der Waals surface area contributed by atoms with Crippen molar-refractivity contribution in [3.05, 3.63) is 35.8 Å². The number of aromatic nitrogens is 5. The van der Waals surface area contributed by atoms with E-state index in [1.165, 1.54) is 22.2 Å². The number of fused-ring (bicyclic) bond motifs is 2. The van der Waals surface area contributed by atoms with Gasteiger partial charge in [-0.1, -0.05) is 11.3 Å². The van der Waals surface area contributed by atoms with Crippen LogP contribution >= 0.6 is 11.3 Å². The van der Waals surface area contributed by atoms with Crippen molar-refractivity contribution in [2.24, 2.45) is 7.05 Å². The van der Waals surface area contributed by atoms with Crippen LogP contribution in [0.2, 0.25) is 0 Å². The van der Waals surface area contributed by atoms with Crippen LogP contribution in [0.5, 0.6) is 0 Å². The molecule has 11 heteroatoms. The highest BCUT2D eigenvalue weighted by Crippen LogP contribution is 2.36. The van der Waals surface area contributed by atoms with Crippen molar-refractivity contribution in [3.63, 3.8) is 0 Å². The second-order valence-corrected chi connectivity index (χ2v) is 10.6. The molecule has 180 valence electrons. The zero-order valence-corrected chi connectivity index (χ0v) is 20.3. The molecule has 0 radical (unpaired) electrons. The molecule has 4 aromatic rings. The van der Waals surface area contributed by atoms with Gasteiger partial charge in [0.25, 0.3) is 6.43 Å². The van der Waals surface area contributed by atoms with Crippen molar-refractivity contribution < 1.29 is 18.3 Å². The topological polar surface area (TPSA) is 77.5 Å². The number of carbonyl (C=O) groups excluding carboxylic acids is 1. The number of ether oxygens (including phenoxy) is 1. The molecule has 3 aromatic heterocycles. The highest BCUT2D eigenvalue weighted by Gasteiger charge is 2.29. The maximum Gasteiger partial charge on any atom is 0.410 e. The summed E-state index contributed by atoms with van der Waals surface area (Å²) in [4.78, 5) is 21.8. The Balaban J connectivity index is 1.34. The van der Waals surface area contributed by atoms with Crippen molar-refractivity contribution >= 4 is 33.4 Å². The van der Waals surface area contributed by atoms with E-state index in [-0.39, 0.29) is 23.1 Å². The average Bonchev–Trinajstić information content (AvgIpc) is 3.43. The molecular formula is C23H26F2N6O2S. The number of imidazole rings is 1. The first-order valence-corrected chi connectivity index (χ1v) is 12.0. The van der Waals surface area contributed by atoms with E-state index in [0.29, 0.717) is 24.2 Å². The Morgan fingerprint density at radius 3 is 2.56 bits per heavy atom. The SMILES string of the molecule is Cn1nc2cc(-c3cn4cc(C5CCN(C(=O)OC(C)(C)C)CC5)nc4s3)cc(C(F)F)c2n1. The van der Waals surface area contributed by atoms with Crippen LogP contribution in [-0.4, -0.2) is 54.1 Å². The van der Waals surface area contributed by atoms with E-state index in [1.54, 1.807) is 18.0 Å². The fourth-order valence-corrected chi connectivity index (χ4v) is 5.25. The van der Waals surface area contributed by atoms with E-state index in [0.717, 1.165) is 28.4 Å². The summed E-state index contributed by atoms with van der Waals surface area (Å²) in [7, 11) is 1.62. The maximum atomic E-state index is 13.6. The minimum Gasteiger partial charge on any atom is -0.444 e. The van der Waals surface area contributed by atoms with E-state index in [1.807, 2.05) is 37.6 Å². The monoisotopic (exact) mass is 488 g/mol. The van der Waals surface area contributed by atoms with Crippen molar-refractivity contribution in [2.75, 3.05) is 13.1 Å². The fraction of sp³-hybridized carbons (Fsp3) is 0.478. The molecule has 1 amide bonds. The lowest BCUT2D eigenvalue weighted by Gasteiger charge is -2.32. The van der Waals surface area contributed by atoms with Gasteiger partial charge in [-0.25, -0.2) is 18.6 Å². The lowest BCUT2D eigenvalue weighted by Crippen LogP contribution is -2.41. The van der Waals surface area contributed by atoms with Crippen molar-refractivity contribution in [1.82, 2.24) is 29.3 Å². The molecule has 0 bridgehead atoms. The highest BCUT2D eigenvalue weighted by atomic mass is 32.1. The number of likely N-dealkylation sites (tertiary alicyclic amines) is 1. The summed E-state index contributed by atoms with van der Waals surface area (Å²) in [5.41, 5.74) is 1.70. The zero-order valence-electron chi connectivity index (χ0n) is 19.5. The van der Waals surface area contributed by atoms with Crippen LogP contribution < -0.4 is 0 Å². The molecular weight excluding hydrogens is 462 g/mol. The molecule has 0 aliphatic carbocycles. The molecule has 0 atom stereocenters. The lowest BCUT2D eigenvalue weighted by molar-refractivity contribution is 0.0204. The van der Waals surface area contributed by atoms with Gasteiger partial charge < -0.3 is 9.64 Å². The Bertz CT molecular complexity index is 1330. The molecule has 34 heavy (non-hydrogen) atoms. The quantitative estimate of drug-likeness (QED) is 0.386. The summed E-state index contributed by atoms with van der Waals surface area (Å²) in [5, 5.41) is 8.29. The molecule has 0 saturated carbocycles. The number of rotatable bonds is 3. The third-order valence-electron chi connectivity index (χ3n) is 5.88. The van der Waals surface area contributed by atoms with E-state index in [9.17, 15) is 13.6 Å². The molecule has 1 aromatic carbocycles. The first-order valence-electron chi connectivity index (χ1n) is 11.2. The minimum atomic E-state index is -2.64. The van der Waals surface area contributed by atoms with E-state index < -0.39 is 12.0 Å². The van der Waals surface area contributed by atoms with Gasteiger partial charge in [0.2, 0.25) is 0 Å². The Morgan fingerprint density at radius 2 is 1.91 bits per heavy atom. The summed E-state index contributed by atoms with van der Waals surface area (Å²) in [6.07, 6.45) is 2.64. The number of thiazole rings is 1. The summed E-state index contributed by atoms with van der Waals surface area (Å²) in [6.45, 7) is 6.85.